The van der Waals surface area contributed by atoms with Crippen molar-refractivity contribution in [3.63, 3.8) is 0 Å². The number of hydrogen-bond acceptors (Lipinski definition) is 2. The van der Waals surface area contributed by atoms with E-state index in [-0.39, 0.29) is 10.5 Å². The summed E-state index contributed by atoms with van der Waals surface area (Å²) in [5.41, 5.74) is 1.96. The van der Waals surface area contributed by atoms with Gasteiger partial charge in [0.1, 0.15) is 10.7 Å². The summed E-state index contributed by atoms with van der Waals surface area (Å²) in [4.78, 5) is 18.9. The molecule has 14 heavy (non-hydrogen) atoms. The van der Waals surface area contributed by atoms with E-state index in [2.05, 4.69) is 9.97 Å². The first kappa shape index (κ1) is 9.21. The molecule has 2 aromatic rings. The molecule has 0 aliphatic rings. The van der Waals surface area contributed by atoms with Gasteiger partial charge in [0, 0.05) is 11.4 Å². The number of rotatable bonds is 0. The van der Waals surface area contributed by atoms with E-state index in [4.69, 9.17) is 11.6 Å². The molecule has 2 heterocycles. The summed E-state index contributed by atoms with van der Waals surface area (Å²) < 4.78 is 0. The number of halogens is 1. The number of aryl methyl sites for hydroxylation is 2. The maximum Gasteiger partial charge on any atom is 0.209 e. The molecule has 0 aliphatic heterocycles. The minimum Gasteiger partial charge on any atom is -0.342 e. The molecule has 0 spiro atoms. The van der Waals surface area contributed by atoms with Gasteiger partial charge in [0.2, 0.25) is 5.43 Å². The smallest absolute Gasteiger partial charge is 0.209 e. The van der Waals surface area contributed by atoms with E-state index in [0.29, 0.717) is 16.7 Å². The Hall–Kier alpha value is -1.35. The third kappa shape index (κ3) is 1.30. The second kappa shape index (κ2) is 3.10. The first-order chi connectivity index (χ1) is 6.59. The molecule has 3 nitrogen and oxygen atoms in total. The summed E-state index contributed by atoms with van der Waals surface area (Å²) in [5, 5.41) is 0.773. The average molecular weight is 209 g/mol. The number of nitrogens with one attached hydrogen (secondary N) is 1. The molecule has 0 aliphatic carbocycles. The van der Waals surface area contributed by atoms with Crippen molar-refractivity contribution in [1.29, 1.82) is 0 Å². The number of aromatic nitrogens is 2. The summed E-state index contributed by atoms with van der Waals surface area (Å²) in [6.45, 7) is 3.63. The topological polar surface area (TPSA) is 45.8 Å². The Bertz CT molecular complexity index is 560. The van der Waals surface area contributed by atoms with Gasteiger partial charge in [-0.2, -0.15) is 0 Å². The fourth-order valence-electron chi connectivity index (χ4n) is 1.36. The highest BCUT2D eigenvalue weighted by Gasteiger charge is 2.07. The molecule has 0 saturated carbocycles. The maximum atomic E-state index is 11.7. The van der Waals surface area contributed by atoms with Crippen LogP contribution in [0.3, 0.4) is 0 Å². The van der Waals surface area contributed by atoms with Gasteiger partial charge in [-0.1, -0.05) is 11.6 Å². The first-order valence-electron chi connectivity index (χ1n) is 4.25. The molecule has 0 bridgehead atoms. The van der Waals surface area contributed by atoms with E-state index in [1.54, 1.807) is 19.1 Å². The molecular formula is C10H9ClN2O. The van der Waals surface area contributed by atoms with Gasteiger partial charge in [0.15, 0.2) is 0 Å². The van der Waals surface area contributed by atoms with Gasteiger partial charge in [0.25, 0.3) is 0 Å². The highest BCUT2D eigenvalue weighted by atomic mass is 35.5. The minimum atomic E-state index is -0.162. The van der Waals surface area contributed by atoms with Crippen LogP contribution in [0.2, 0.25) is 5.02 Å². The van der Waals surface area contributed by atoms with Crippen molar-refractivity contribution in [3.8, 4) is 0 Å². The Morgan fingerprint density at radius 2 is 2.07 bits per heavy atom. The largest absolute Gasteiger partial charge is 0.342 e. The number of hydrogen-bond donors (Lipinski definition) is 1. The second-order valence-electron chi connectivity index (χ2n) is 3.24. The number of H-pyrrole nitrogens is 1. The van der Waals surface area contributed by atoms with E-state index in [9.17, 15) is 4.79 Å². The summed E-state index contributed by atoms with van der Waals surface area (Å²) in [5.74, 6) is 0. The lowest BCUT2D eigenvalue weighted by Gasteiger charge is -2.02. The highest BCUT2D eigenvalue weighted by Crippen LogP contribution is 2.13. The molecule has 0 radical (unpaired) electrons. The molecule has 0 unspecified atom stereocenters. The van der Waals surface area contributed by atoms with Crippen molar-refractivity contribution in [2.45, 2.75) is 13.8 Å². The van der Waals surface area contributed by atoms with Crippen molar-refractivity contribution in [3.05, 3.63) is 38.8 Å². The Morgan fingerprint density at radius 1 is 1.36 bits per heavy atom. The van der Waals surface area contributed by atoms with Crippen LogP contribution in [-0.2, 0) is 0 Å². The fourth-order valence-corrected chi connectivity index (χ4v) is 1.51. The zero-order chi connectivity index (χ0) is 10.3. The van der Waals surface area contributed by atoms with E-state index in [0.717, 1.165) is 5.69 Å². The van der Waals surface area contributed by atoms with Crippen molar-refractivity contribution in [2.24, 2.45) is 0 Å². The van der Waals surface area contributed by atoms with Crippen LogP contribution >= 0.6 is 11.6 Å². The van der Waals surface area contributed by atoms with E-state index in [1.807, 2.05) is 6.92 Å². The highest BCUT2D eigenvalue weighted by molar-refractivity contribution is 6.31. The van der Waals surface area contributed by atoms with Crippen molar-refractivity contribution >= 4 is 22.6 Å². The Labute approximate surface area is 85.7 Å². The number of pyridine rings is 2. The molecule has 0 saturated heterocycles. The van der Waals surface area contributed by atoms with Crippen LogP contribution in [0.5, 0.6) is 0 Å². The Balaban J connectivity index is 2.98. The summed E-state index contributed by atoms with van der Waals surface area (Å²) in [6, 6.07) is 3.53. The molecular weight excluding hydrogens is 200 g/mol. The monoisotopic (exact) mass is 208 g/mol. The maximum absolute atomic E-state index is 11.7. The first-order valence-corrected chi connectivity index (χ1v) is 4.63. The second-order valence-corrected chi connectivity index (χ2v) is 3.62. The van der Waals surface area contributed by atoms with Crippen LogP contribution in [0.4, 0.5) is 0 Å². The molecule has 2 aromatic heterocycles. The van der Waals surface area contributed by atoms with Crippen molar-refractivity contribution < 1.29 is 0 Å². The molecule has 4 heteroatoms. The van der Waals surface area contributed by atoms with Crippen LogP contribution in [0.1, 0.15) is 11.4 Å². The predicted molar refractivity (Wildman–Crippen MR) is 56.8 cm³/mol. The van der Waals surface area contributed by atoms with Gasteiger partial charge in [-0.3, -0.25) is 4.79 Å². The summed E-state index contributed by atoms with van der Waals surface area (Å²) in [6.07, 6.45) is 0. The molecule has 72 valence electrons. The van der Waals surface area contributed by atoms with Gasteiger partial charge in [-0.25, -0.2) is 4.98 Å². The zero-order valence-corrected chi connectivity index (χ0v) is 8.64. The van der Waals surface area contributed by atoms with E-state index >= 15 is 0 Å². The molecule has 2 rings (SSSR count). The van der Waals surface area contributed by atoms with E-state index < -0.39 is 0 Å². The SMILES string of the molecule is Cc1ccc2c(=O)c(Cl)c(C)[nH]c2n1. The third-order valence-corrected chi connectivity index (χ3v) is 2.57. The molecule has 1 N–H and O–H groups in total. The van der Waals surface area contributed by atoms with E-state index in [1.165, 1.54) is 0 Å². The molecule has 0 fully saturated rings. The van der Waals surface area contributed by atoms with Crippen LogP contribution in [0.25, 0.3) is 11.0 Å². The minimum absolute atomic E-state index is 0.162. The summed E-state index contributed by atoms with van der Waals surface area (Å²) in [7, 11) is 0. The lowest BCUT2D eigenvalue weighted by molar-refractivity contribution is 1.15. The van der Waals surface area contributed by atoms with Gasteiger partial charge in [-0.15, -0.1) is 0 Å². The number of nitrogens with zero attached hydrogens (tertiary/aromatic N) is 1. The number of aromatic amines is 1. The lowest BCUT2D eigenvalue weighted by Crippen LogP contribution is -2.07. The van der Waals surface area contributed by atoms with Crippen molar-refractivity contribution in [2.75, 3.05) is 0 Å². The van der Waals surface area contributed by atoms with Gasteiger partial charge >= 0.3 is 0 Å². The Morgan fingerprint density at radius 3 is 2.79 bits per heavy atom. The fraction of sp³-hybridized carbons (Fsp3) is 0.200. The summed E-state index contributed by atoms with van der Waals surface area (Å²) >= 11 is 5.82. The quantitative estimate of drug-likeness (QED) is 0.722. The molecule has 0 amide bonds. The third-order valence-electron chi connectivity index (χ3n) is 2.11. The van der Waals surface area contributed by atoms with Gasteiger partial charge < -0.3 is 4.98 Å². The zero-order valence-electron chi connectivity index (χ0n) is 7.89. The Kier molecular flexibility index (Phi) is 2.04. The van der Waals surface area contributed by atoms with Crippen molar-refractivity contribution in [1.82, 2.24) is 9.97 Å². The average Bonchev–Trinajstić information content (AvgIpc) is 2.14. The molecule has 0 aromatic carbocycles. The normalized spacial score (nSPS) is 10.8. The van der Waals surface area contributed by atoms with Crippen LogP contribution in [0.15, 0.2) is 16.9 Å². The van der Waals surface area contributed by atoms with Gasteiger partial charge in [0.05, 0.1) is 5.39 Å². The molecule has 0 atom stereocenters. The predicted octanol–water partition coefficient (Wildman–Crippen LogP) is 2.19. The van der Waals surface area contributed by atoms with Crippen LogP contribution in [0, 0.1) is 13.8 Å². The van der Waals surface area contributed by atoms with Gasteiger partial charge in [-0.05, 0) is 26.0 Å². The standard InChI is InChI=1S/C10H9ClN2O/c1-5-3-4-7-9(14)8(11)6(2)13-10(7)12-5/h3-4H,1-2H3,(H,12,13,14). The van der Waals surface area contributed by atoms with Crippen LogP contribution in [-0.4, -0.2) is 9.97 Å². The lowest BCUT2D eigenvalue weighted by atomic mass is 10.2. The number of fused-ring (bicyclic) bond motifs is 1. The van der Waals surface area contributed by atoms with Crippen LogP contribution < -0.4 is 5.43 Å².